The van der Waals surface area contributed by atoms with E-state index in [1.54, 1.807) is 29.2 Å². The van der Waals surface area contributed by atoms with E-state index in [2.05, 4.69) is 0 Å². The number of benzene rings is 1. The maximum absolute atomic E-state index is 12.5. The Morgan fingerprint density at radius 3 is 2.48 bits per heavy atom. The molecular weight excluding hydrogens is 278 g/mol. The molecule has 1 aliphatic rings. The van der Waals surface area contributed by atoms with Gasteiger partial charge >= 0.3 is 0 Å². The monoisotopic (exact) mass is 296 g/mol. The summed E-state index contributed by atoms with van der Waals surface area (Å²) in [5.41, 5.74) is 0.528. The van der Waals surface area contributed by atoms with Gasteiger partial charge in [0.15, 0.2) is 0 Å². The third-order valence-electron chi connectivity index (χ3n) is 3.31. The summed E-state index contributed by atoms with van der Waals surface area (Å²) in [7, 11) is 0. The number of aliphatic hydroxyl groups excluding tert-OH is 1. The second-order valence-electron chi connectivity index (χ2n) is 5.18. The van der Waals surface area contributed by atoms with Crippen LogP contribution in [-0.4, -0.2) is 48.3 Å². The van der Waals surface area contributed by atoms with E-state index < -0.39 is 12.5 Å². The van der Waals surface area contributed by atoms with Crippen molar-refractivity contribution in [3.63, 3.8) is 0 Å². The van der Waals surface area contributed by atoms with Crippen molar-refractivity contribution in [2.45, 2.75) is 31.4 Å². The van der Waals surface area contributed by atoms with Gasteiger partial charge < -0.3 is 9.84 Å². The van der Waals surface area contributed by atoms with Crippen molar-refractivity contribution in [3.8, 4) is 11.8 Å². The summed E-state index contributed by atoms with van der Waals surface area (Å²) in [5.74, 6) is 0.542. The third-order valence-corrected chi connectivity index (χ3v) is 3.31. The molecule has 21 heavy (non-hydrogen) atoms. The number of hydrogen-bond acceptors (Lipinski definition) is 4. The summed E-state index contributed by atoms with van der Waals surface area (Å²) in [6.07, 6.45) is -1.39. The van der Waals surface area contributed by atoms with Gasteiger partial charge in [0.1, 0.15) is 18.5 Å². The highest BCUT2D eigenvalue weighted by Gasteiger charge is 2.31. The molecule has 1 N–H and O–H groups in total. The van der Waals surface area contributed by atoms with Crippen LogP contribution in [0.5, 0.6) is 5.75 Å². The minimum absolute atomic E-state index is 0.0400. The first-order valence-electron chi connectivity index (χ1n) is 6.91. The molecule has 0 amide bonds. The van der Waals surface area contributed by atoms with Gasteiger partial charge in [-0.15, -0.1) is 0 Å². The summed E-state index contributed by atoms with van der Waals surface area (Å²) < 4.78 is 30.3. The number of ether oxygens (including phenoxy) is 1. The Morgan fingerprint density at radius 1 is 1.29 bits per heavy atom. The van der Waals surface area contributed by atoms with Crippen LogP contribution in [0.25, 0.3) is 0 Å². The lowest BCUT2D eigenvalue weighted by atomic mass is 10.2. The summed E-state index contributed by atoms with van der Waals surface area (Å²) >= 11 is 0. The fraction of sp³-hybridized carbons (Fsp3) is 0.533. The molecule has 114 valence electrons. The van der Waals surface area contributed by atoms with Gasteiger partial charge in [0.25, 0.3) is 6.43 Å². The molecule has 2 rings (SSSR count). The lowest BCUT2D eigenvalue weighted by Gasteiger charge is -2.24. The molecule has 0 spiro atoms. The predicted octanol–water partition coefficient (Wildman–Crippen LogP) is 2.03. The molecule has 1 aromatic rings. The van der Waals surface area contributed by atoms with Gasteiger partial charge in [0, 0.05) is 12.6 Å². The molecule has 4 nitrogen and oxygen atoms in total. The third kappa shape index (κ3) is 5.29. The van der Waals surface area contributed by atoms with Gasteiger partial charge in [-0.2, -0.15) is 5.26 Å². The Hall–Kier alpha value is -1.71. The first-order valence-corrected chi connectivity index (χ1v) is 6.91. The molecule has 1 unspecified atom stereocenters. The number of aliphatic hydroxyl groups is 1. The van der Waals surface area contributed by atoms with Crippen molar-refractivity contribution in [2.75, 3.05) is 19.7 Å². The number of nitrogens with zero attached hydrogens (tertiary/aromatic N) is 2. The molecule has 1 fully saturated rings. The lowest BCUT2D eigenvalue weighted by molar-refractivity contribution is 0.0327. The van der Waals surface area contributed by atoms with E-state index in [1.807, 2.05) is 6.07 Å². The summed E-state index contributed by atoms with van der Waals surface area (Å²) in [6.45, 7) is -0.0811. The van der Waals surface area contributed by atoms with E-state index in [1.165, 1.54) is 0 Å². The number of alkyl halides is 2. The Labute approximate surface area is 122 Å². The van der Waals surface area contributed by atoms with Crippen molar-refractivity contribution < 1.29 is 18.6 Å². The van der Waals surface area contributed by atoms with Gasteiger partial charge in [0.2, 0.25) is 0 Å². The van der Waals surface area contributed by atoms with Crippen LogP contribution >= 0.6 is 0 Å². The van der Waals surface area contributed by atoms with Crippen LogP contribution in [0.15, 0.2) is 24.3 Å². The molecule has 6 heteroatoms. The molecule has 1 aromatic carbocycles. The van der Waals surface area contributed by atoms with E-state index in [9.17, 15) is 13.9 Å². The molecule has 0 bridgehead atoms. The van der Waals surface area contributed by atoms with E-state index in [0.29, 0.717) is 11.3 Å². The van der Waals surface area contributed by atoms with E-state index in [-0.39, 0.29) is 25.7 Å². The largest absolute Gasteiger partial charge is 0.491 e. The van der Waals surface area contributed by atoms with Crippen LogP contribution in [-0.2, 0) is 0 Å². The van der Waals surface area contributed by atoms with Crippen LogP contribution < -0.4 is 4.74 Å². The standard InChI is InChI=1S/C15H18F2N2O2/c16-15(17)9-19(12-3-4-12)8-13(20)10-21-14-5-1-11(7-18)2-6-14/h1-2,5-6,12-13,15,20H,3-4,8-10H2. The van der Waals surface area contributed by atoms with Crippen LogP contribution in [0.4, 0.5) is 8.78 Å². The van der Waals surface area contributed by atoms with Crippen LogP contribution in [0, 0.1) is 11.3 Å². The van der Waals surface area contributed by atoms with Crippen LogP contribution in [0.1, 0.15) is 18.4 Å². The minimum atomic E-state index is -2.39. The average Bonchev–Trinajstić information content (AvgIpc) is 3.29. The molecular formula is C15H18F2N2O2. The molecule has 0 radical (unpaired) electrons. The smallest absolute Gasteiger partial charge is 0.251 e. The quantitative estimate of drug-likeness (QED) is 0.797. The first kappa shape index (κ1) is 15.7. The Morgan fingerprint density at radius 2 is 1.95 bits per heavy atom. The molecule has 1 saturated carbocycles. The predicted molar refractivity (Wildman–Crippen MR) is 73.3 cm³/mol. The zero-order valence-electron chi connectivity index (χ0n) is 11.6. The molecule has 1 aliphatic carbocycles. The van der Waals surface area contributed by atoms with Gasteiger partial charge in [-0.1, -0.05) is 0 Å². The summed E-state index contributed by atoms with van der Waals surface area (Å²) in [4.78, 5) is 1.62. The molecule has 0 aliphatic heterocycles. The Bertz CT molecular complexity index is 483. The average molecular weight is 296 g/mol. The summed E-state index contributed by atoms with van der Waals surface area (Å²) in [5, 5.41) is 18.6. The van der Waals surface area contributed by atoms with Gasteiger partial charge in [0.05, 0.1) is 18.2 Å². The number of halogens is 2. The first-order chi connectivity index (χ1) is 10.1. The maximum atomic E-state index is 12.5. The zero-order chi connectivity index (χ0) is 15.2. The van der Waals surface area contributed by atoms with E-state index in [4.69, 9.17) is 10.00 Å². The molecule has 0 heterocycles. The molecule has 0 aromatic heterocycles. The fourth-order valence-electron chi connectivity index (χ4n) is 2.13. The highest BCUT2D eigenvalue weighted by molar-refractivity contribution is 5.34. The highest BCUT2D eigenvalue weighted by atomic mass is 19.3. The van der Waals surface area contributed by atoms with Gasteiger partial charge in [-0.05, 0) is 37.1 Å². The second-order valence-corrected chi connectivity index (χ2v) is 5.18. The van der Waals surface area contributed by atoms with Crippen molar-refractivity contribution in [2.24, 2.45) is 0 Å². The highest BCUT2D eigenvalue weighted by Crippen LogP contribution is 2.27. The lowest BCUT2D eigenvalue weighted by Crippen LogP contribution is -2.39. The van der Waals surface area contributed by atoms with E-state index in [0.717, 1.165) is 12.8 Å². The Balaban J connectivity index is 1.77. The van der Waals surface area contributed by atoms with Crippen LogP contribution in [0.3, 0.4) is 0 Å². The van der Waals surface area contributed by atoms with Crippen molar-refractivity contribution >= 4 is 0 Å². The fourth-order valence-corrected chi connectivity index (χ4v) is 2.13. The minimum Gasteiger partial charge on any atom is -0.491 e. The molecule has 1 atom stereocenters. The number of rotatable bonds is 8. The van der Waals surface area contributed by atoms with Crippen molar-refractivity contribution in [1.29, 1.82) is 5.26 Å². The SMILES string of the molecule is N#Cc1ccc(OCC(O)CN(CC(F)F)C2CC2)cc1. The second kappa shape index (κ2) is 7.34. The Kier molecular flexibility index (Phi) is 5.48. The number of hydrogen-bond donors (Lipinski definition) is 1. The van der Waals surface area contributed by atoms with Gasteiger partial charge in [-0.25, -0.2) is 8.78 Å². The molecule has 0 saturated heterocycles. The van der Waals surface area contributed by atoms with Crippen LogP contribution in [0.2, 0.25) is 0 Å². The van der Waals surface area contributed by atoms with Gasteiger partial charge in [-0.3, -0.25) is 4.90 Å². The summed E-state index contributed by atoms with van der Waals surface area (Å²) in [6, 6.07) is 8.69. The zero-order valence-corrected chi connectivity index (χ0v) is 11.6. The number of nitriles is 1. The topological polar surface area (TPSA) is 56.5 Å². The van der Waals surface area contributed by atoms with Crippen molar-refractivity contribution in [3.05, 3.63) is 29.8 Å². The van der Waals surface area contributed by atoms with Crippen molar-refractivity contribution in [1.82, 2.24) is 4.90 Å². The normalized spacial score (nSPS) is 16.0. The van der Waals surface area contributed by atoms with E-state index >= 15 is 0 Å². The maximum Gasteiger partial charge on any atom is 0.251 e.